The van der Waals surface area contributed by atoms with Crippen LogP contribution in [0, 0.1) is 0 Å². The van der Waals surface area contributed by atoms with Crippen molar-refractivity contribution in [3.05, 3.63) is 12.7 Å². The number of nitrogens with zero attached hydrogens (tertiary/aromatic N) is 1. The molecule has 0 atom stereocenters. The van der Waals surface area contributed by atoms with E-state index in [1.165, 1.54) is 32.5 Å². The van der Waals surface area contributed by atoms with Crippen molar-refractivity contribution in [2.75, 3.05) is 19.6 Å². The van der Waals surface area contributed by atoms with Gasteiger partial charge in [0.2, 0.25) is 0 Å². The summed E-state index contributed by atoms with van der Waals surface area (Å²) in [6.07, 6.45) is 5.95. The fourth-order valence-corrected chi connectivity index (χ4v) is 1.28. The van der Waals surface area contributed by atoms with Crippen molar-refractivity contribution >= 4 is 0 Å². The van der Waals surface area contributed by atoms with E-state index >= 15 is 0 Å². The molecule has 1 saturated heterocycles. The molecule has 0 bridgehead atoms. The highest BCUT2D eigenvalue weighted by atomic mass is 15.1. The van der Waals surface area contributed by atoms with Gasteiger partial charge in [-0.05, 0) is 32.4 Å². The van der Waals surface area contributed by atoms with Crippen molar-refractivity contribution in [3.63, 3.8) is 0 Å². The zero-order valence-electron chi connectivity index (χ0n) is 5.97. The number of likely N-dealkylation sites (tertiary alicyclic amines) is 1. The lowest BCUT2D eigenvalue weighted by atomic mass is 10.4. The summed E-state index contributed by atoms with van der Waals surface area (Å²) >= 11 is 0. The number of hydrogen-bond acceptors (Lipinski definition) is 1. The van der Waals surface area contributed by atoms with Gasteiger partial charge in [0.25, 0.3) is 0 Å². The molecule has 1 rings (SSSR count). The van der Waals surface area contributed by atoms with Gasteiger partial charge in [-0.25, -0.2) is 0 Å². The fourth-order valence-electron chi connectivity index (χ4n) is 1.28. The molecular formula is C8H15N. The molecule has 1 nitrogen and oxygen atoms in total. The second-order valence-corrected chi connectivity index (χ2v) is 2.63. The first kappa shape index (κ1) is 6.81. The second kappa shape index (κ2) is 3.67. The normalized spacial score (nSPS) is 20.4. The maximum Gasteiger partial charge on any atom is 0.00158 e. The lowest BCUT2D eigenvalue weighted by Gasteiger charge is -2.11. The Morgan fingerprint density at radius 3 is 2.56 bits per heavy atom. The summed E-state index contributed by atoms with van der Waals surface area (Å²) in [5.74, 6) is 0. The van der Waals surface area contributed by atoms with Gasteiger partial charge >= 0.3 is 0 Å². The molecule has 1 heteroatoms. The van der Waals surface area contributed by atoms with E-state index in [1.807, 2.05) is 6.08 Å². The Balaban J connectivity index is 2.04. The SMILES string of the molecule is C=CCCN1CCCC1. The van der Waals surface area contributed by atoms with Gasteiger partial charge < -0.3 is 4.90 Å². The van der Waals surface area contributed by atoms with E-state index < -0.39 is 0 Å². The molecule has 0 spiro atoms. The molecule has 0 aromatic rings. The Morgan fingerprint density at radius 1 is 1.33 bits per heavy atom. The minimum Gasteiger partial charge on any atom is -0.303 e. The van der Waals surface area contributed by atoms with E-state index in [4.69, 9.17) is 0 Å². The summed E-state index contributed by atoms with van der Waals surface area (Å²) in [5, 5.41) is 0. The molecule has 52 valence electrons. The predicted octanol–water partition coefficient (Wildman–Crippen LogP) is 1.66. The van der Waals surface area contributed by atoms with Gasteiger partial charge in [-0.3, -0.25) is 0 Å². The van der Waals surface area contributed by atoms with Crippen molar-refractivity contribution in [3.8, 4) is 0 Å². The Hall–Kier alpha value is -0.300. The summed E-state index contributed by atoms with van der Waals surface area (Å²) in [4.78, 5) is 2.50. The molecule has 9 heavy (non-hydrogen) atoms. The van der Waals surface area contributed by atoms with Crippen LogP contribution in [-0.4, -0.2) is 24.5 Å². The van der Waals surface area contributed by atoms with E-state index in [0.717, 1.165) is 6.42 Å². The monoisotopic (exact) mass is 125 g/mol. The lowest BCUT2D eigenvalue weighted by molar-refractivity contribution is 0.346. The van der Waals surface area contributed by atoms with Crippen LogP contribution in [0.1, 0.15) is 19.3 Å². The van der Waals surface area contributed by atoms with Gasteiger partial charge in [-0.2, -0.15) is 0 Å². The molecule has 0 aromatic heterocycles. The molecule has 1 heterocycles. The first-order valence-electron chi connectivity index (χ1n) is 3.77. The van der Waals surface area contributed by atoms with Crippen LogP contribution in [0.15, 0.2) is 12.7 Å². The topological polar surface area (TPSA) is 3.24 Å². The Morgan fingerprint density at radius 2 is 2.00 bits per heavy atom. The second-order valence-electron chi connectivity index (χ2n) is 2.63. The molecule has 1 fully saturated rings. The first-order chi connectivity index (χ1) is 4.43. The molecule has 1 aliphatic heterocycles. The van der Waals surface area contributed by atoms with E-state index in [0.29, 0.717) is 0 Å². The van der Waals surface area contributed by atoms with Crippen molar-refractivity contribution in [1.29, 1.82) is 0 Å². The molecule has 0 radical (unpaired) electrons. The van der Waals surface area contributed by atoms with Gasteiger partial charge in [-0.1, -0.05) is 6.08 Å². The van der Waals surface area contributed by atoms with E-state index in [1.54, 1.807) is 0 Å². The van der Waals surface area contributed by atoms with E-state index in [9.17, 15) is 0 Å². The Bertz CT molecular complexity index is 82.6. The molecule has 0 N–H and O–H groups in total. The van der Waals surface area contributed by atoms with Gasteiger partial charge in [0.05, 0.1) is 0 Å². The van der Waals surface area contributed by atoms with Gasteiger partial charge in [0.1, 0.15) is 0 Å². The standard InChI is InChI=1S/C8H15N/c1-2-3-6-9-7-4-5-8-9/h2H,1,3-8H2. The third-order valence-electron chi connectivity index (χ3n) is 1.85. The molecule has 0 unspecified atom stereocenters. The van der Waals surface area contributed by atoms with Gasteiger partial charge in [0, 0.05) is 6.54 Å². The summed E-state index contributed by atoms with van der Waals surface area (Å²) in [5.41, 5.74) is 0. The third kappa shape index (κ3) is 2.19. The van der Waals surface area contributed by atoms with Gasteiger partial charge in [0.15, 0.2) is 0 Å². The molecule has 0 aliphatic carbocycles. The van der Waals surface area contributed by atoms with E-state index in [2.05, 4.69) is 11.5 Å². The molecule has 0 aromatic carbocycles. The predicted molar refractivity (Wildman–Crippen MR) is 40.5 cm³/mol. The van der Waals surface area contributed by atoms with E-state index in [-0.39, 0.29) is 0 Å². The van der Waals surface area contributed by atoms with Crippen molar-refractivity contribution < 1.29 is 0 Å². The van der Waals surface area contributed by atoms with Crippen molar-refractivity contribution in [2.45, 2.75) is 19.3 Å². The smallest absolute Gasteiger partial charge is 0.00158 e. The Kier molecular flexibility index (Phi) is 2.78. The zero-order chi connectivity index (χ0) is 6.53. The quantitative estimate of drug-likeness (QED) is 0.518. The Labute approximate surface area is 57.4 Å². The summed E-state index contributed by atoms with van der Waals surface area (Å²) in [6.45, 7) is 7.55. The summed E-state index contributed by atoms with van der Waals surface area (Å²) in [7, 11) is 0. The van der Waals surface area contributed by atoms with Gasteiger partial charge in [-0.15, -0.1) is 6.58 Å². The van der Waals surface area contributed by atoms with Crippen LogP contribution in [0.25, 0.3) is 0 Å². The van der Waals surface area contributed by atoms with Crippen LogP contribution in [0.3, 0.4) is 0 Å². The largest absolute Gasteiger partial charge is 0.303 e. The van der Waals surface area contributed by atoms with Crippen LogP contribution >= 0.6 is 0 Å². The minimum atomic E-state index is 1.15. The lowest BCUT2D eigenvalue weighted by Crippen LogP contribution is -2.19. The van der Waals surface area contributed by atoms with Crippen molar-refractivity contribution in [2.24, 2.45) is 0 Å². The first-order valence-corrected chi connectivity index (χ1v) is 3.77. The summed E-state index contributed by atoms with van der Waals surface area (Å²) < 4.78 is 0. The third-order valence-corrected chi connectivity index (χ3v) is 1.85. The van der Waals surface area contributed by atoms with Crippen LogP contribution in [-0.2, 0) is 0 Å². The zero-order valence-corrected chi connectivity index (χ0v) is 5.97. The molecule has 0 amide bonds. The highest BCUT2D eigenvalue weighted by molar-refractivity contribution is 4.72. The van der Waals surface area contributed by atoms with Crippen LogP contribution in [0.4, 0.5) is 0 Å². The number of rotatable bonds is 3. The average Bonchev–Trinajstić information content (AvgIpc) is 2.34. The average molecular weight is 125 g/mol. The van der Waals surface area contributed by atoms with Crippen LogP contribution in [0.5, 0.6) is 0 Å². The summed E-state index contributed by atoms with van der Waals surface area (Å²) in [6, 6.07) is 0. The van der Waals surface area contributed by atoms with Crippen molar-refractivity contribution in [1.82, 2.24) is 4.90 Å². The van der Waals surface area contributed by atoms with Crippen LogP contribution in [0.2, 0.25) is 0 Å². The van der Waals surface area contributed by atoms with Crippen LogP contribution < -0.4 is 0 Å². The highest BCUT2D eigenvalue weighted by Crippen LogP contribution is 2.06. The maximum atomic E-state index is 3.69. The molecule has 0 saturated carbocycles. The molecular weight excluding hydrogens is 110 g/mol. The fraction of sp³-hybridized carbons (Fsp3) is 0.750. The number of hydrogen-bond donors (Lipinski definition) is 0. The highest BCUT2D eigenvalue weighted by Gasteiger charge is 2.08. The molecule has 1 aliphatic rings. The minimum absolute atomic E-state index is 1.15. The maximum absolute atomic E-state index is 3.69.